The van der Waals surface area contributed by atoms with Crippen molar-refractivity contribution in [3.05, 3.63) is 47.7 Å². The number of nitrogens with one attached hydrogen (secondary N) is 1. The van der Waals surface area contributed by atoms with Gasteiger partial charge in [-0.25, -0.2) is 9.97 Å². The molecule has 1 saturated heterocycles. The topological polar surface area (TPSA) is 71.0 Å². The molecular formula is C18H23N5O. The Morgan fingerprint density at radius 1 is 1.29 bits per heavy atom. The molecule has 1 aliphatic rings. The van der Waals surface area contributed by atoms with Crippen LogP contribution in [0.1, 0.15) is 41.8 Å². The Kier molecular flexibility index (Phi) is 5.03. The van der Waals surface area contributed by atoms with E-state index >= 15 is 0 Å². The third kappa shape index (κ3) is 4.07. The zero-order chi connectivity index (χ0) is 16.9. The number of hydrogen-bond donors (Lipinski definition) is 1. The SMILES string of the molecule is Cc1nc(NCc2ccccn2)cc(C(=O)N2CCC(C)CC2)n1. The quantitative estimate of drug-likeness (QED) is 0.936. The first-order chi connectivity index (χ1) is 11.6. The van der Waals surface area contributed by atoms with Gasteiger partial charge in [0.25, 0.3) is 5.91 Å². The summed E-state index contributed by atoms with van der Waals surface area (Å²) in [6.07, 6.45) is 3.87. The van der Waals surface area contributed by atoms with Gasteiger partial charge in [0.05, 0.1) is 12.2 Å². The monoisotopic (exact) mass is 325 g/mol. The predicted molar refractivity (Wildman–Crippen MR) is 92.6 cm³/mol. The summed E-state index contributed by atoms with van der Waals surface area (Å²) in [4.78, 5) is 27.5. The number of carbonyl (C=O) groups excluding carboxylic acids is 1. The largest absolute Gasteiger partial charge is 0.364 e. The van der Waals surface area contributed by atoms with Crippen LogP contribution in [-0.2, 0) is 6.54 Å². The minimum absolute atomic E-state index is 0.00622. The summed E-state index contributed by atoms with van der Waals surface area (Å²) in [5, 5.41) is 3.22. The van der Waals surface area contributed by atoms with Crippen LogP contribution in [0.2, 0.25) is 0 Å². The van der Waals surface area contributed by atoms with Gasteiger partial charge in [0.1, 0.15) is 17.3 Å². The zero-order valence-electron chi connectivity index (χ0n) is 14.2. The number of rotatable bonds is 4. The number of aromatic nitrogens is 3. The lowest BCUT2D eigenvalue weighted by Crippen LogP contribution is -2.38. The second-order valence-corrected chi connectivity index (χ2v) is 6.33. The van der Waals surface area contributed by atoms with Gasteiger partial charge in [-0.3, -0.25) is 9.78 Å². The van der Waals surface area contributed by atoms with Gasteiger partial charge >= 0.3 is 0 Å². The number of carbonyl (C=O) groups is 1. The lowest BCUT2D eigenvalue weighted by molar-refractivity contribution is 0.0691. The van der Waals surface area contributed by atoms with Crippen molar-refractivity contribution < 1.29 is 4.79 Å². The molecular weight excluding hydrogens is 302 g/mol. The number of likely N-dealkylation sites (tertiary alicyclic amines) is 1. The highest BCUT2D eigenvalue weighted by Crippen LogP contribution is 2.18. The number of pyridine rings is 1. The van der Waals surface area contributed by atoms with Crippen molar-refractivity contribution in [2.45, 2.75) is 33.2 Å². The van der Waals surface area contributed by atoms with Crippen LogP contribution in [0.4, 0.5) is 5.82 Å². The van der Waals surface area contributed by atoms with Gasteiger partial charge in [-0.15, -0.1) is 0 Å². The van der Waals surface area contributed by atoms with Gasteiger partial charge in [-0.05, 0) is 37.8 Å². The van der Waals surface area contributed by atoms with Crippen molar-refractivity contribution in [1.29, 1.82) is 0 Å². The summed E-state index contributed by atoms with van der Waals surface area (Å²) in [6.45, 7) is 6.21. The maximum absolute atomic E-state index is 12.7. The molecule has 3 heterocycles. The summed E-state index contributed by atoms with van der Waals surface area (Å²) in [6, 6.07) is 7.51. The van der Waals surface area contributed by atoms with E-state index in [4.69, 9.17) is 0 Å². The van der Waals surface area contributed by atoms with Crippen LogP contribution in [-0.4, -0.2) is 38.8 Å². The zero-order valence-corrected chi connectivity index (χ0v) is 14.2. The Hall–Kier alpha value is -2.50. The van der Waals surface area contributed by atoms with Gasteiger partial charge in [-0.2, -0.15) is 0 Å². The molecule has 0 bridgehead atoms. The van der Waals surface area contributed by atoms with Gasteiger partial charge in [0, 0.05) is 25.4 Å². The molecule has 2 aromatic heterocycles. The highest BCUT2D eigenvalue weighted by atomic mass is 16.2. The van der Waals surface area contributed by atoms with Crippen LogP contribution in [0.25, 0.3) is 0 Å². The third-order valence-electron chi connectivity index (χ3n) is 4.30. The summed E-state index contributed by atoms with van der Waals surface area (Å²) in [5.74, 6) is 1.93. The molecule has 1 N–H and O–H groups in total. The second-order valence-electron chi connectivity index (χ2n) is 6.33. The first-order valence-corrected chi connectivity index (χ1v) is 8.40. The normalized spacial score (nSPS) is 15.3. The van der Waals surface area contributed by atoms with E-state index in [1.54, 1.807) is 19.2 Å². The average Bonchev–Trinajstić information content (AvgIpc) is 2.60. The molecule has 2 aromatic rings. The van der Waals surface area contributed by atoms with E-state index in [1.165, 1.54) is 0 Å². The van der Waals surface area contributed by atoms with Crippen LogP contribution < -0.4 is 5.32 Å². The molecule has 0 atom stereocenters. The van der Waals surface area contributed by atoms with E-state index in [-0.39, 0.29) is 5.91 Å². The summed E-state index contributed by atoms with van der Waals surface area (Å²) in [5.41, 5.74) is 1.38. The third-order valence-corrected chi connectivity index (χ3v) is 4.30. The summed E-state index contributed by atoms with van der Waals surface area (Å²) < 4.78 is 0. The molecule has 0 spiro atoms. The van der Waals surface area contributed by atoms with E-state index in [0.717, 1.165) is 31.6 Å². The van der Waals surface area contributed by atoms with Gasteiger partial charge in [0.15, 0.2) is 0 Å². The molecule has 24 heavy (non-hydrogen) atoms. The number of piperidine rings is 1. The number of aryl methyl sites for hydroxylation is 1. The lowest BCUT2D eigenvalue weighted by Gasteiger charge is -2.30. The molecule has 1 aliphatic heterocycles. The minimum atomic E-state index is -0.00622. The fourth-order valence-corrected chi connectivity index (χ4v) is 2.83. The number of hydrogen-bond acceptors (Lipinski definition) is 5. The van der Waals surface area contributed by atoms with Gasteiger partial charge in [0.2, 0.25) is 0 Å². The van der Waals surface area contributed by atoms with E-state index in [9.17, 15) is 4.79 Å². The van der Waals surface area contributed by atoms with Crippen molar-refractivity contribution in [1.82, 2.24) is 19.9 Å². The number of nitrogens with zero attached hydrogens (tertiary/aromatic N) is 4. The Bertz CT molecular complexity index is 696. The van der Waals surface area contributed by atoms with E-state index in [1.807, 2.05) is 23.1 Å². The molecule has 0 unspecified atom stereocenters. The fourth-order valence-electron chi connectivity index (χ4n) is 2.83. The first-order valence-electron chi connectivity index (χ1n) is 8.40. The van der Waals surface area contributed by atoms with Crippen LogP contribution >= 0.6 is 0 Å². The van der Waals surface area contributed by atoms with Crippen LogP contribution in [0, 0.1) is 12.8 Å². The first kappa shape index (κ1) is 16.4. The van der Waals surface area contributed by atoms with Gasteiger partial charge < -0.3 is 10.2 Å². The fraction of sp³-hybridized carbons (Fsp3) is 0.444. The molecule has 1 fully saturated rings. The van der Waals surface area contributed by atoms with E-state index < -0.39 is 0 Å². The van der Waals surface area contributed by atoms with Crippen LogP contribution in [0.3, 0.4) is 0 Å². The Morgan fingerprint density at radius 3 is 2.79 bits per heavy atom. The molecule has 0 aliphatic carbocycles. The minimum Gasteiger partial charge on any atom is -0.364 e. The molecule has 1 amide bonds. The maximum atomic E-state index is 12.7. The summed E-state index contributed by atoms with van der Waals surface area (Å²) in [7, 11) is 0. The highest BCUT2D eigenvalue weighted by molar-refractivity contribution is 5.93. The van der Waals surface area contributed by atoms with Crippen LogP contribution in [0.5, 0.6) is 0 Å². The van der Waals surface area contributed by atoms with Crippen molar-refractivity contribution in [3.63, 3.8) is 0 Å². The predicted octanol–water partition coefficient (Wildman–Crippen LogP) is 2.66. The molecule has 126 valence electrons. The van der Waals surface area contributed by atoms with E-state index in [0.29, 0.717) is 29.8 Å². The van der Waals surface area contributed by atoms with Crippen LogP contribution in [0.15, 0.2) is 30.5 Å². The maximum Gasteiger partial charge on any atom is 0.272 e. The molecule has 6 heteroatoms. The van der Waals surface area contributed by atoms with Crippen molar-refractivity contribution in [2.24, 2.45) is 5.92 Å². The van der Waals surface area contributed by atoms with Crippen molar-refractivity contribution in [3.8, 4) is 0 Å². The standard InChI is InChI=1S/C18H23N5O/c1-13-6-9-23(10-7-13)18(24)16-11-17(22-14(2)21-16)20-12-15-5-3-4-8-19-15/h3-5,8,11,13H,6-7,9-10,12H2,1-2H3,(H,20,21,22). The number of anilines is 1. The summed E-state index contributed by atoms with van der Waals surface area (Å²) >= 11 is 0. The molecule has 3 rings (SSSR count). The molecule has 0 radical (unpaired) electrons. The van der Waals surface area contributed by atoms with Crippen molar-refractivity contribution in [2.75, 3.05) is 18.4 Å². The van der Waals surface area contributed by atoms with Crippen molar-refractivity contribution >= 4 is 11.7 Å². The number of amides is 1. The molecule has 0 aromatic carbocycles. The smallest absolute Gasteiger partial charge is 0.272 e. The average molecular weight is 325 g/mol. The molecule has 6 nitrogen and oxygen atoms in total. The Labute approximate surface area is 142 Å². The molecule has 0 saturated carbocycles. The second kappa shape index (κ2) is 7.38. The van der Waals surface area contributed by atoms with E-state index in [2.05, 4.69) is 27.2 Å². The Balaban J connectivity index is 1.70. The lowest BCUT2D eigenvalue weighted by atomic mass is 9.99. The van der Waals surface area contributed by atoms with Gasteiger partial charge in [-0.1, -0.05) is 13.0 Å². The highest BCUT2D eigenvalue weighted by Gasteiger charge is 2.23. The Morgan fingerprint density at radius 2 is 2.08 bits per heavy atom.